The fourth-order valence-electron chi connectivity index (χ4n) is 0.105. The second-order valence-electron chi connectivity index (χ2n) is 1.49. The quantitative estimate of drug-likeness (QED) is 0.529. The average molecular weight is 87.1 g/mol. The van der Waals surface area contributed by atoms with Gasteiger partial charge in [-0.05, 0) is 12.3 Å². The Balaban J connectivity index is 2.75. The standard InChI is InChI=1S/C5H11O/c1-3-5(2)4-6/h3,5-6H,4H2,1-2H3. The highest BCUT2D eigenvalue weighted by Crippen LogP contribution is 1.93. The van der Waals surface area contributed by atoms with Crippen LogP contribution in [0.1, 0.15) is 13.8 Å². The van der Waals surface area contributed by atoms with Crippen molar-refractivity contribution < 1.29 is 5.11 Å². The van der Waals surface area contributed by atoms with Crippen molar-refractivity contribution in [3.63, 3.8) is 0 Å². The maximum atomic E-state index is 8.30. The molecule has 0 amide bonds. The molecular weight excluding hydrogens is 76.1 g/mol. The molecule has 0 spiro atoms. The van der Waals surface area contributed by atoms with Gasteiger partial charge in [-0.15, -0.1) is 0 Å². The van der Waals surface area contributed by atoms with Gasteiger partial charge in [-0.1, -0.05) is 13.8 Å². The Morgan fingerprint density at radius 2 is 2.33 bits per heavy atom. The largest absolute Gasteiger partial charge is 0.396 e. The molecule has 0 aromatic heterocycles. The molecule has 1 atom stereocenters. The molecule has 0 saturated carbocycles. The Kier molecular flexibility index (Phi) is 3.14. The van der Waals surface area contributed by atoms with E-state index in [2.05, 4.69) is 0 Å². The summed E-state index contributed by atoms with van der Waals surface area (Å²) in [5.74, 6) is 0.366. The van der Waals surface area contributed by atoms with Crippen molar-refractivity contribution in [3.8, 4) is 0 Å². The minimum Gasteiger partial charge on any atom is -0.396 e. The first-order valence-electron chi connectivity index (χ1n) is 2.21. The van der Waals surface area contributed by atoms with E-state index in [1.807, 2.05) is 20.3 Å². The van der Waals surface area contributed by atoms with Gasteiger partial charge < -0.3 is 5.11 Å². The highest BCUT2D eigenvalue weighted by Gasteiger charge is 1.90. The smallest absolute Gasteiger partial charge is 0.0459 e. The molecule has 0 saturated heterocycles. The van der Waals surface area contributed by atoms with Crippen molar-refractivity contribution in [1.29, 1.82) is 0 Å². The van der Waals surface area contributed by atoms with Gasteiger partial charge in [-0.25, -0.2) is 0 Å². The molecular formula is C5H11O. The minimum atomic E-state index is 0.274. The average Bonchev–Trinajstić information content (AvgIpc) is 1.65. The molecule has 0 aromatic carbocycles. The Morgan fingerprint density at radius 3 is 2.33 bits per heavy atom. The highest BCUT2D eigenvalue weighted by molar-refractivity contribution is 4.63. The summed E-state index contributed by atoms with van der Waals surface area (Å²) in [6, 6.07) is 0. The number of hydrogen-bond acceptors (Lipinski definition) is 1. The molecule has 1 unspecified atom stereocenters. The van der Waals surface area contributed by atoms with Crippen LogP contribution in [-0.4, -0.2) is 11.7 Å². The number of aliphatic hydroxyl groups excluding tert-OH is 1. The second-order valence-corrected chi connectivity index (χ2v) is 1.49. The minimum absolute atomic E-state index is 0.274. The van der Waals surface area contributed by atoms with Gasteiger partial charge in [0.1, 0.15) is 0 Å². The zero-order valence-corrected chi connectivity index (χ0v) is 4.31. The SMILES string of the molecule is C[CH]C(C)CO. The summed E-state index contributed by atoms with van der Waals surface area (Å²) in [5.41, 5.74) is 0. The van der Waals surface area contributed by atoms with Gasteiger partial charge in [-0.3, -0.25) is 0 Å². The van der Waals surface area contributed by atoms with Crippen LogP contribution in [0.4, 0.5) is 0 Å². The van der Waals surface area contributed by atoms with E-state index in [0.29, 0.717) is 5.92 Å². The van der Waals surface area contributed by atoms with Gasteiger partial charge in [0.25, 0.3) is 0 Å². The van der Waals surface area contributed by atoms with Crippen molar-refractivity contribution in [2.45, 2.75) is 13.8 Å². The molecule has 1 radical (unpaired) electrons. The van der Waals surface area contributed by atoms with Crippen molar-refractivity contribution in [2.24, 2.45) is 5.92 Å². The first-order chi connectivity index (χ1) is 2.81. The molecule has 0 fully saturated rings. The third-order valence-electron chi connectivity index (χ3n) is 0.857. The summed E-state index contributed by atoms with van der Waals surface area (Å²) in [5, 5.41) is 8.30. The number of rotatable bonds is 2. The van der Waals surface area contributed by atoms with Crippen molar-refractivity contribution in [1.82, 2.24) is 0 Å². The van der Waals surface area contributed by atoms with Gasteiger partial charge in [-0.2, -0.15) is 0 Å². The van der Waals surface area contributed by atoms with Crippen molar-refractivity contribution >= 4 is 0 Å². The molecule has 1 heteroatoms. The lowest BCUT2D eigenvalue weighted by molar-refractivity contribution is 0.254. The predicted octanol–water partition coefficient (Wildman–Crippen LogP) is 0.839. The van der Waals surface area contributed by atoms with Crippen LogP contribution in [0.15, 0.2) is 0 Å². The van der Waals surface area contributed by atoms with E-state index in [1.165, 1.54) is 0 Å². The third-order valence-corrected chi connectivity index (χ3v) is 0.857. The van der Waals surface area contributed by atoms with E-state index < -0.39 is 0 Å². The van der Waals surface area contributed by atoms with Gasteiger partial charge >= 0.3 is 0 Å². The monoisotopic (exact) mass is 87.1 g/mol. The molecule has 1 nitrogen and oxygen atoms in total. The Bertz CT molecular complexity index is 23.1. The van der Waals surface area contributed by atoms with E-state index in [4.69, 9.17) is 5.11 Å². The van der Waals surface area contributed by atoms with Crippen LogP contribution in [0.5, 0.6) is 0 Å². The van der Waals surface area contributed by atoms with Crippen LogP contribution < -0.4 is 0 Å². The first kappa shape index (κ1) is 5.96. The van der Waals surface area contributed by atoms with Gasteiger partial charge in [0.15, 0.2) is 0 Å². The van der Waals surface area contributed by atoms with Crippen LogP contribution >= 0.6 is 0 Å². The lowest BCUT2D eigenvalue weighted by Crippen LogP contribution is -1.97. The molecule has 0 aliphatic heterocycles. The van der Waals surface area contributed by atoms with Gasteiger partial charge in [0.05, 0.1) is 0 Å². The van der Waals surface area contributed by atoms with E-state index in [9.17, 15) is 0 Å². The Labute approximate surface area is 39.0 Å². The highest BCUT2D eigenvalue weighted by atomic mass is 16.3. The molecule has 6 heavy (non-hydrogen) atoms. The molecule has 0 heterocycles. The summed E-state index contributed by atoms with van der Waals surface area (Å²) < 4.78 is 0. The van der Waals surface area contributed by atoms with Crippen LogP contribution in [0.2, 0.25) is 0 Å². The molecule has 0 aliphatic carbocycles. The summed E-state index contributed by atoms with van der Waals surface area (Å²) in [4.78, 5) is 0. The molecule has 1 N–H and O–H groups in total. The summed E-state index contributed by atoms with van der Waals surface area (Å²) in [6.45, 7) is 4.19. The Morgan fingerprint density at radius 1 is 1.83 bits per heavy atom. The second kappa shape index (κ2) is 3.16. The lowest BCUT2D eigenvalue weighted by atomic mass is 10.1. The zero-order valence-electron chi connectivity index (χ0n) is 4.31. The maximum Gasteiger partial charge on any atom is 0.0459 e. The normalized spacial score (nSPS) is 14.5. The fraction of sp³-hybridized carbons (Fsp3) is 0.800. The number of aliphatic hydroxyl groups is 1. The Hall–Kier alpha value is -0.0400. The number of hydrogen-bond donors (Lipinski definition) is 1. The molecule has 0 rings (SSSR count). The van der Waals surface area contributed by atoms with E-state index in [-0.39, 0.29) is 6.61 Å². The van der Waals surface area contributed by atoms with Gasteiger partial charge in [0.2, 0.25) is 0 Å². The van der Waals surface area contributed by atoms with Gasteiger partial charge in [0, 0.05) is 6.61 Å². The van der Waals surface area contributed by atoms with E-state index in [0.717, 1.165) is 0 Å². The molecule has 0 aromatic rings. The summed E-state index contributed by atoms with van der Waals surface area (Å²) in [6.07, 6.45) is 1.97. The van der Waals surface area contributed by atoms with Crippen LogP contribution in [0.3, 0.4) is 0 Å². The van der Waals surface area contributed by atoms with E-state index >= 15 is 0 Å². The predicted molar refractivity (Wildman–Crippen MR) is 26.2 cm³/mol. The van der Waals surface area contributed by atoms with Crippen molar-refractivity contribution in [3.05, 3.63) is 6.42 Å². The molecule has 0 bridgehead atoms. The van der Waals surface area contributed by atoms with Crippen LogP contribution in [0.25, 0.3) is 0 Å². The topological polar surface area (TPSA) is 20.2 Å². The van der Waals surface area contributed by atoms with Crippen LogP contribution in [0, 0.1) is 12.3 Å². The van der Waals surface area contributed by atoms with E-state index in [1.54, 1.807) is 0 Å². The molecule has 37 valence electrons. The van der Waals surface area contributed by atoms with Crippen LogP contribution in [-0.2, 0) is 0 Å². The fourth-order valence-corrected chi connectivity index (χ4v) is 0.105. The third kappa shape index (κ3) is 2.21. The molecule has 0 aliphatic rings. The lowest BCUT2D eigenvalue weighted by Gasteiger charge is -1.97. The summed E-state index contributed by atoms with van der Waals surface area (Å²) in [7, 11) is 0. The summed E-state index contributed by atoms with van der Waals surface area (Å²) >= 11 is 0. The maximum absolute atomic E-state index is 8.30. The zero-order chi connectivity index (χ0) is 4.99. The first-order valence-corrected chi connectivity index (χ1v) is 2.21. The van der Waals surface area contributed by atoms with Crippen molar-refractivity contribution in [2.75, 3.05) is 6.61 Å².